The van der Waals surface area contributed by atoms with Crippen molar-refractivity contribution in [1.82, 2.24) is 15.6 Å². The summed E-state index contributed by atoms with van der Waals surface area (Å²) in [7, 11) is 0. The molecule has 4 nitrogen and oxygen atoms in total. The van der Waals surface area contributed by atoms with Crippen molar-refractivity contribution >= 4 is 29.4 Å². The number of halogens is 1. The van der Waals surface area contributed by atoms with E-state index in [0.29, 0.717) is 13.1 Å². The van der Waals surface area contributed by atoms with E-state index in [1.807, 2.05) is 42.6 Å². The quantitative estimate of drug-likeness (QED) is 0.602. The van der Waals surface area contributed by atoms with Crippen LogP contribution in [0.15, 0.2) is 53.7 Å². The molecular formula is C16H18ClN3OS. The normalized spacial score (nSPS) is 10.2. The first-order valence-electron chi connectivity index (χ1n) is 7.03. The minimum Gasteiger partial charge on any atom is -0.338 e. The maximum absolute atomic E-state index is 11.6. The van der Waals surface area contributed by atoms with E-state index >= 15 is 0 Å². The first-order chi connectivity index (χ1) is 10.7. The zero-order chi connectivity index (χ0) is 15.6. The third-order valence-electron chi connectivity index (χ3n) is 2.89. The van der Waals surface area contributed by atoms with Gasteiger partial charge in [-0.05, 0) is 42.3 Å². The van der Waals surface area contributed by atoms with Crippen LogP contribution in [0, 0.1) is 0 Å². The maximum Gasteiger partial charge on any atom is 0.314 e. The minimum atomic E-state index is -0.138. The fourth-order valence-electron chi connectivity index (χ4n) is 1.79. The Bertz CT molecular complexity index is 578. The van der Waals surface area contributed by atoms with Gasteiger partial charge in [0.25, 0.3) is 0 Å². The second-order valence-electron chi connectivity index (χ2n) is 4.60. The van der Waals surface area contributed by atoms with Gasteiger partial charge in [-0.25, -0.2) is 4.79 Å². The van der Waals surface area contributed by atoms with Crippen LogP contribution in [0.2, 0.25) is 5.02 Å². The number of carbonyl (C=O) groups excluding carboxylic acids is 1. The Labute approximate surface area is 139 Å². The SMILES string of the molecule is O=C(NCCSc1ccc(Cl)cc1)NCCc1cccnc1. The molecule has 22 heavy (non-hydrogen) atoms. The maximum atomic E-state index is 11.6. The number of hydrogen-bond donors (Lipinski definition) is 2. The fourth-order valence-corrected chi connectivity index (χ4v) is 2.69. The molecule has 0 aliphatic rings. The summed E-state index contributed by atoms with van der Waals surface area (Å²) >= 11 is 7.51. The van der Waals surface area contributed by atoms with E-state index in [-0.39, 0.29) is 6.03 Å². The number of urea groups is 1. The molecule has 0 saturated carbocycles. The Hall–Kier alpha value is -1.72. The molecule has 0 aliphatic heterocycles. The second kappa shape index (κ2) is 9.33. The van der Waals surface area contributed by atoms with E-state index in [4.69, 9.17) is 11.6 Å². The number of nitrogens with zero attached hydrogens (tertiary/aromatic N) is 1. The molecule has 0 bridgehead atoms. The molecule has 2 aromatic rings. The van der Waals surface area contributed by atoms with Crippen LogP contribution in [0.3, 0.4) is 0 Å². The Morgan fingerprint density at radius 2 is 1.91 bits per heavy atom. The molecule has 0 saturated heterocycles. The van der Waals surface area contributed by atoms with Crippen molar-refractivity contribution in [2.75, 3.05) is 18.8 Å². The third kappa shape index (κ3) is 6.37. The van der Waals surface area contributed by atoms with Crippen LogP contribution in [0.1, 0.15) is 5.56 Å². The van der Waals surface area contributed by atoms with Crippen LogP contribution in [0.4, 0.5) is 4.79 Å². The highest BCUT2D eigenvalue weighted by Gasteiger charge is 2.00. The molecule has 0 atom stereocenters. The summed E-state index contributed by atoms with van der Waals surface area (Å²) in [6.07, 6.45) is 4.32. The molecule has 0 aliphatic carbocycles. The number of aromatic nitrogens is 1. The zero-order valence-corrected chi connectivity index (χ0v) is 13.7. The van der Waals surface area contributed by atoms with Gasteiger partial charge in [-0.15, -0.1) is 11.8 Å². The molecule has 2 amide bonds. The molecule has 116 valence electrons. The molecule has 2 rings (SSSR count). The van der Waals surface area contributed by atoms with Gasteiger partial charge in [-0.1, -0.05) is 17.7 Å². The van der Waals surface area contributed by atoms with Crippen LogP contribution < -0.4 is 10.6 Å². The predicted molar refractivity (Wildman–Crippen MR) is 91.5 cm³/mol. The van der Waals surface area contributed by atoms with Gasteiger partial charge in [0, 0.05) is 41.2 Å². The summed E-state index contributed by atoms with van der Waals surface area (Å²) in [4.78, 5) is 16.8. The number of hydrogen-bond acceptors (Lipinski definition) is 3. The van der Waals surface area contributed by atoms with E-state index < -0.39 is 0 Å². The van der Waals surface area contributed by atoms with Gasteiger partial charge in [0.15, 0.2) is 0 Å². The van der Waals surface area contributed by atoms with Crippen molar-refractivity contribution in [3.63, 3.8) is 0 Å². The van der Waals surface area contributed by atoms with Crippen molar-refractivity contribution in [2.45, 2.75) is 11.3 Å². The van der Waals surface area contributed by atoms with E-state index in [0.717, 1.165) is 27.7 Å². The lowest BCUT2D eigenvalue weighted by atomic mass is 10.2. The Kier molecular flexibility index (Phi) is 7.06. The number of benzene rings is 1. The molecule has 2 N–H and O–H groups in total. The van der Waals surface area contributed by atoms with Crippen molar-refractivity contribution < 1.29 is 4.79 Å². The third-order valence-corrected chi connectivity index (χ3v) is 4.16. The smallest absolute Gasteiger partial charge is 0.314 e. The topological polar surface area (TPSA) is 54.0 Å². The van der Waals surface area contributed by atoms with E-state index in [1.165, 1.54) is 0 Å². The molecule has 0 unspecified atom stereocenters. The van der Waals surface area contributed by atoms with Crippen LogP contribution in [-0.2, 0) is 6.42 Å². The zero-order valence-electron chi connectivity index (χ0n) is 12.1. The molecule has 0 spiro atoms. The Balaban J connectivity index is 1.55. The first kappa shape index (κ1) is 16.6. The lowest BCUT2D eigenvalue weighted by Crippen LogP contribution is -2.37. The number of rotatable bonds is 7. The summed E-state index contributed by atoms with van der Waals surface area (Å²) in [5.74, 6) is 0.817. The molecule has 1 aromatic carbocycles. The highest BCUT2D eigenvalue weighted by atomic mass is 35.5. The van der Waals surface area contributed by atoms with E-state index in [1.54, 1.807) is 18.0 Å². The van der Waals surface area contributed by atoms with Crippen molar-refractivity contribution in [1.29, 1.82) is 0 Å². The van der Waals surface area contributed by atoms with Gasteiger partial charge >= 0.3 is 6.03 Å². The number of thioether (sulfide) groups is 1. The monoisotopic (exact) mass is 335 g/mol. The summed E-state index contributed by atoms with van der Waals surface area (Å²) in [5, 5.41) is 6.40. The molecule has 6 heteroatoms. The van der Waals surface area contributed by atoms with Crippen molar-refractivity contribution in [2.24, 2.45) is 0 Å². The highest BCUT2D eigenvalue weighted by Crippen LogP contribution is 2.19. The Morgan fingerprint density at radius 3 is 2.64 bits per heavy atom. The predicted octanol–water partition coefficient (Wildman–Crippen LogP) is 3.37. The lowest BCUT2D eigenvalue weighted by molar-refractivity contribution is 0.241. The highest BCUT2D eigenvalue weighted by molar-refractivity contribution is 7.99. The standard InChI is InChI=1S/C16H18ClN3OS/c17-14-3-5-15(6-4-14)22-11-10-20-16(21)19-9-7-13-2-1-8-18-12-13/h1-6,8,12H,7,9-11H2,(H2,19,20,21). The van der Waals surface area contributed by atoms with Crippen LogP contribution >= 0.6 is 23.4 Å². The summed E-state index contributed by atoms with van der Waals surface area (Å²) < 4.78 is 0. The summed E-state index contributed by atoms with van der Waals surface area (Å²) in [6.45, 7) is 1.22. The van der Waals surface area contributed by atoms with Crippen molar-refractivity contribution in [3.8, 4) is 0 Å². The van der Waals surface area contributed by atoms with Gasteiger partial charge in [0.2, 0.25) is 0 Å². The van der Waals surface area contributed by atoms with Crippen molar-refractivity contribution in [3.05, 3.63) is 59.4 Å². The number of pyridine rings is 1. The van der Waals surface area contributed by atoms with E-state index in [2.05, 4.69) is 15.6 Å². The van der Waals surface area contributed by atoms with Gasteiger partial charge in [-0.3, -0.25) is 4.98 Å². The summed E-state index contributed by atoms with van der Waals surface area (Å²) in [6, 6.07) is 11.4. The van der Waals surface area contributed by atoms with Gasteiger partial charge in [0.05, 0.1) is 0 Å². The first-order valence-corrected chi connectivity index (χ1v) is 8.39. The molecule has 1 aromatic heterocycles. The fraction of sp³-hybridized carbons (Fsp3) is 0.250. The van der Waals surface area contributed by atoms with Crippen LogP contribution in [-0.4, -0.2) is 29.9 Å². The second-order valence-corrected chi connectivity index (χ2v) is 6.20. The average Bonchev–Trinajstić information content (AvgIpc) is 2.54. The molecular weight excluding hydrogens is 318 g/mol. The van der Waals surface area contributed by atoms with Gasteiger partial charge in [-0.2, -0.15) is 0 Å². The Morgan fingerprint density at radius 1 is 1.14 bits per heavy atom. The van der Waals surface area contributed by atoms with Gasteiger partial charge in [0.1, 0.15) is 0 Å². The van der Waals surface area contributed by atoms with Crippen LogP contribution in [0.25, 0.3) is 0 Å². The number of nitrogens with one attached hydrogen (secondary N) is 2. The molecule has 0 fully saturated rings. The largest absolute Gasteiger partial charge is 0.338 e. The molecule has 1 heterocycles. The molecule has 0 radical (unpaired) electrons. The minimum absolute atomic E-state index is 0.138. The number of carbonyl (C=O) groups is 1. The summed E-state index contributed by atoms with van der Waals surface area (Å²) in [5.41, 5.74) is 1.11. The van der Waals surface area contributed by atoms with E-state index in [9.17, 15) is 4.79 Å². The number of amides is 2. The van der Waals surface area contributed by atoms with Gasteiger partial charge < -0.3 is 10.6 Å². The average molecular weight is 336 g/mol. The van der Waals surface area contributed by atoms with Crippen LogP contribution in [0.5, 0.6) is 0 Å². The lowest BCUT2D eigenvalue weighted by Gasteiger charge is -2.07.